The van der Waals surface area contributed by atoms with Crippen LogP contribution in [0.15, 0.2) is 35.1 Å². The van der Waals surface area contributed by atoms with E-state index in [4.69, 9.17) is 10.5 Å². The Bertz CT molecular complexity index is 516. The van der Waals surface area contributed by atoms with E-state index in [1.54, 1.807) is 24.5 Å². The lowest BCUT2D eigenvalue weighted by Crippen LogP contribution is -1.96. The van der Waals surface area contributed by atoms with E-state index in [-0.39, 0.29) is 0 Å². The van der Waals surface area contributed by atoms with Gasteiger partial charge in [-0.15, -0.1) is 0 Å². The van der Waals surface area contributed by atoms with Crippen LogP contribution in [-0.2, 0) is 0 Å². The largest absolute Gasteiger partial charge is 0.435 e. The van der Waals surface area contributed by atoms with Crippen LogP contribution in [0.4, 0.5) is 5.69 Å². The van der Waals surface area contributed by atoms with E-state index in [2.05, 4.69) is 25.9 Å². The lowest BCUT2D eigenvalue weighted by Gasteiger charge is -2.08. The van der Waals surface area contributed by atoms with E-state index in [1.165, 1.54) is 0 Å². The molecule has 0 spiro atoms. The number of nitrogens with two attached hydrogens (primary N) is 1. The molecule has 0 radical (unpaired) electrons. The summed E-state index contributed by atoms with van der Waals surface area (Å²) >= 11 is 3.29. The third kappa shape index (κ3) is 2.30. The Morgan fingerprint density at radius 2 is 2.19 bits per heavy atom. The number of halogens is 1. The Labute approximate surface area is 102 Å². The molecule has 2 aromatic heterocycles. The minimum absolute atomic E-state index is 0.388. The molecule has 0 saturated heterocycles. The van der Waals surface area contributed by atoms with Crippen molar-refractivity contribution in [1.29, 1.82) is 0 Å². The van der Waals surface area contributed by atoms with Gasteiger partial charge in [0.05, 0.1) is 11.4 Å². The summed E-state index contributed by atoms with van der Waals surface area (Å²) < 4.78 is 6.40. The molecule has 0 aliphatic rings. The van der Waals surface area contributed by atoms with Gasteiger partial charge < -0.3 is 10.5 Å². The number of ether oxygens (including phenoxy) is 1. The first-order valence-electron chi connectivity index (χ1n) is 4.67. The number of nitrogen functional groups attached to an aromatic ring is 1. The van der Waals surface area contributed by atoms with Crippen LogP contribution in [0, 0.1) is 6.92 Å². The van der Waals surface area contributed by atoms with Crippen molar-refractivity contribution in [3.8, 4) is 11.6 Å². The summed E-state index contributed by atoms with van der Waals surface area (Å²) in [5.74, 6) is 1.04. The molecule has 2 aromatic rings. The Morgan fingerprint density at radius 3 is 2.88 bits per heavy atom. The predicted octanol–water partition coefficient (Wildman–Crippen LogP) is 2.92. The summed E-state index contributed by atoms with van der Waals surface area (Å²) in [7, 11) is 0. The van der Waals surface area contributed by atoms with E-state index in [9.17, 15) is 0 Å². The minimum Gasteiger partial charge on any atom is -0.435 e. The van der Waals surface area contributed by atoms with E-state index in [1.807, 2.05) is 13.0 Å². The highest BCUT2D eigenvalue weighted by Gasteiger charge is 2.06. The Morgan fingerprint density at radius 1 is 1.38 bits per heavy atom. The van der Waals surface area contributed by atoms with Gasteiger partial charge in [0.1, 0.15) is 0 Å². The fraction of sp³-hybridized carbons (Fsp3) is 0.0909. The standard InChI is InChI=1S/C11H10BrN3O/c1-7-10(3-2-4-14-7)16-11-9(13)5-8(12)6-15-11/h2-6H,13H2,1H3. The van der Waals surface area contributed by atoms with Gasteiger partial charge >= 0.3 is 0 Å². The second kappa shape index (κ2) is 4.49. The van der Waals surface area contributed by atoms with E-state index in [0.29, 0.717) is 17.3 Å². The highest BCUT2D eigenvalue weighted by molar-refractivity contribution is 9.10. The van der Waals surface area contributed by atoms with Gasteiger partial charge in [0.15, 0.2) is 5.75 Å². The number of rotatable bonds is 2. The van der Waals surface area contributed by atoms with E-state index in [0.717, 1.165) is 10.2 Å². The summed E-state index contributed by atoms with van der Waals surface area (Å²) in [5.41, 5.74) is 7.06. The van der Waals surface area contributed by atoms with Crippen molar-refractivity contribution in [1.82, 2.24) is 9.97 Å². The molecule has 2 heterocycles. The topological polar surface area (TPSA) is 61.0 Å². The predicted molar refractivity (Wildman–Crippen MR) is 65.4 cm³/mol. The summed E-state index contributed by atoms with van der Waals surface area (Å²) in [6.07, 6.45) is 3.35. The molecule has 2 rings (SSSR count). The Balaban J connectivity index is 2.31. The van der Waals surface area contributed by atoms with Crippen molar-refractivity contribution in [3.63, 3.8) is 0 Å². The fourth-order valence-corrected chi connectivity index (χ4v) is 1.56. The summed E-state index contributed by atoms with van der Waals surface area (Å²) in [4.78, 5) is 8.21. The average Bonchev–Trinajstić information content (AvgIpc) is 2.25. The number of nitrogens with zero attached hydrogens (tertiary/aromatic N) is 2. The molecule has 0 aromatic carbocycles. The Kier molecular flexibility index (Phi) is 3.05. The van der Waals surface area contributed by atoms with Crippen LogP contribution in [0.1, 0.15) is 5.69 Å². The van der Waals surface area contributed by atoms with E-state index < -0.39 is 0 Å². The third-order valence-corrected chi connectivity index (χ3v) is 2.44. The molecule has 0 unspecified atom stereocenters. The zero-order chi connectivity index (χ0) is 11.5. The quantitative estimate of drug-likeness (QED) is 0.918. The van der Waals surface area contributed by atoms with Gasteiger partial charge in [-0.05, 0) is 41.1 Å². The first kappa shape index (κ1) is 10.9. The van der Waals surface area contributed by atoms with Crippen molar-refractivity contribution in [2.24, 2.45) is 0 Å². The van der Waals surface area contributed by atoms with Crippen LogP contribution < -0.4 is 10.5 Å². The molecule has 0 aliphatic carbocycles. The maximum absolute atomic E-state index is 5.78. The summed E-state index contributed by atoms with van der Waals surface area (Å²) in [6.45, 7) is 1.87. The zero-order valence-electron chi connectivity index (χ0n) is 8.64. The van der Waals surface area contributed by atoms with Gasteiger partial charge in [-0.25, -0.2) is 4.98 Å². The maximum atomic E-state index is 5.78. The number of aromatic nitrogens is 2. The van der Waals surface area contributed by atoms with Gasteiger partial charge in [0, 0.05) is 16.9 Å². The molecule has 4 nitrogen and oxygen atoms in total. The van der Waals surface area contributed by atoms with Crippen LogP contribution in [0.5, 0.6) is 11.6 Å². The maximum Gasteiger partial charge on any atom is 0.242 e. The van der Waals surface area contributed by atoms with Crippen LogP contribution >= 0.6 is 15.9 Å². The normalized spacial score (nSPS) is 10.1. The second-order valence-corrected chi connectivity index (χ2v) is 4.15. The Hall–Kier alpha value is -1.62. The van der Waals surface area contributed by atoms with Crippen LogP contribution in [0.25, 0.3) is 0 Å². The molecule has 2 N–H and O–H groups in total. The van der Waals surface area contributed by atoms with Gasteiger partial charge in [-0.1, -0.05) is 0 Å². The number of aryl methyl sites for hydroxylation is 1. The monoisotopic (exact) mass is 279 g/mol. The molecular weight excluding hydrogens is 270 g/mol. The zero-order valence-corrected chi connectivity index (χ0v) is 10.2. The van der Waals surface area contributed by atoms with Crippen LogP contribution in [0.3, 0.4) is 0 Å². The number of hydrogen-bond acceptors (Lipinski definition) is 4. The lowest BCUT2D eigenvalue weighted by molar-refractivity contribution is 0.459. The third-order valence-electron chi connectivity index (χ3n) is 2.01. The SMILES string of the molecule is Cc1ncccc1Oc1ncc(Br)cc1N. The van der Waals surface area contributed by atoms with Gasteiger partial charge in [0.2, 0.25) is 5.88 Å². The van der Waals surface area contributed by atoms with Gasteiger partial charge in [-0.3, -0.25) is 4.98 Å². The number of hydrogen-bond donors (Lipinski definition) is 1. The number of pyridine rings is 2. The summed E-state index contributed by atoms with van der Waals surface area (Å²) in [6, 6.07) is 5.37. The summed E-state index contributed by atoms with van der Waals surface area (Å²) in [5, 5.41) is 0. The highest BCUT2D eigenvalue weighted by atomic mass is 79.9. The van der Waals surface area contributed by atoms with Crippen molar-refractivity contribution < 1.29 is 4.74 Å². The highest BCUT2D eigenvalue weighted by Crippen LogP contribution is 2.28. The molecule has 0 saturated carbocycles. The molecule has 0 fully saturated rings. The van der Waals surface area contributed by atoms with Crippen molar-refractivity contribution in [3.05, 3.63) is 40.8 Å². The smallest absolute Gasteiger partial charge is 0.242 e. The molecule has 16 heavy (non-hydrogen) atoms. The van der Waals surface area contributed by atoms with Crippen LogP contribution in [0.2, 0.25) is 0 Å². The molecule has 0 atom stereocenters. The fourth-order valence-electron chi connectivity index (χ4n) is 1.21. The molecule has 0 aliphatic heterocycles. The second-order valence-electron chi connectivity index (χ2n) is 3.24. The average molecular weight is 280 g/mol. The lowest BCUT2D eigenvalue weighted by atomic mass is 10.3. The minimum atomic E-state index is 0.388. The van der Waals surface area contributed by atoms with Crippen molar-refractivity contribution >= 4 is 21.6 Å². The van der Waals surface area contributed by atoms with Crippen molar-refractivity contribution in [2.75, 3.05) is 5.73 Å². The van der Waals surface area contributed by atoms with E-state index >= 15 is 0 Å². The molecule has 82 valence electrons. The molecule has 0 bridgehead atoms. The first-order chi connectivity index (χ1) is 7.66. The number of anilines is 1. The van der Waals surface area contributed by atoms with Gasteiger partial charge in [0.25, 0.3) is 0 Å². The van der Waals surface area contributed by atoms with Gasteiger partial charge in [-0.2, -0.15) is 0 Å². The van der Waals surface area contributed by atoms with Crippen molar-refractivity contribution in [2.45, 2.75) is 6.92 Å². The molecule has 0 amide bonds. The van der Waals surface area contributed by atoms with Crippen LogP contribution in [-0.4, -0.2) is 9.97 Å². The molecular formula is C11H10BrN3O. The first-order valence-corrected chi connectivity index (χ1v) is 5.46. The molecule has 5 heteroatoms.